The van der Waals surface area contributed by atoms with Crippen LogP contribution in [0.15, 0.2) is 82.6 Å². The lowest BCUT2D eigenvalue weighted by Gasteiger charge is -2.32. The van der Waals surface area contributed by atoms with Gasteiger partial charge >= 0.3 is 0 Å². The first-order valence-electron chi connectivity index (χ1n) is 16.1. The summed E-state index contributed by atoms with van der Waals surface area (Å²) in [7, 11) is 0. The molecule has 1 fully saturated rings. The van der Waals surface area contributed by atoms with E-state index < -0.39 is 0 Å². The number of aryl methyl sites for hydroxylation is 1. The van der Waals surface area contributed by atoms with Crippen molar-refractivity contribution >= 4 is 23.1 Å². The number of quaternary nitrogens is 1. The Bertz CT molecular complexity index is 1150. The highest BCUT2D eigenvalue weighted by atomic mass is 32.2. The molecule has 3 atom stereocenters. The van der Waals surface area contributed by atoms with Crippen molar-refractivity contribution in [2.75, 3.05) is 31.2 Å². The van der Waals surface area contributed by atoms with Crippen molar-refractivity contribution in [3.05, 3.63) is 89.1 Å². The van der Waals surface area contributed by atoms with Gasteiger partial charge in [0.15, 0.2) is 0 Å². The number of hydrogen-bond donors (Lipinski definition) is 1. The van der Waals surface area contributed by atoms with Crippen LogP contribution in [-0.2, 0) is 11.2 Å². The molecule has 2 aliphatic heterocycles. The fourth-order valence-corrected chi connectivity index (χ4v) is 7.54. The van der Waals surface area contributed by atoms with Gasteiger partial charge in [-0.15, -0.1) is 0 Å². The topological polar surface area (TPSA) is 40.0 Å². The van der Waals surface area contributed by atoms with E-state index >= 15 is 0 Å². The van der Waals surface area contributed by atoms with E-state index in [9.17, 15) is 5.21 Å². The summed E-state index contributed by atoms with van der Waals surface area (Å²) >= 11 is 1.86. The van der Waals surface area contributed by atoms with Crippen molar-refractivity contribution in [2.24, 2.45) is 0 Å². The van der Waals surface area contributed by atoms with Gasteiger partial charge in [-0.25, -0.2) is 0 Å². The molecule has 0 spiro atoms. The van der Waals surface area contributed by atoms with E-state index in [4.69, 9.17) is 4.74 Å². The third-order valence-electron chi connectivity index (χ3n) is 8.83. The first-order valence-corrected chi connectivity index (χ1v) is 16.9. The predicted molar refractivity (Wildman–Crippen MR) is 173 cm³/mol. The van der Waals surface area contributed by atoms with Gasteiger partial charge in [-0.3, -0.25) is 0 Å². The van der Waals surface area contributed by atoms with Crippen LogP contribution in [0.25, 0.3) is 0 Å². The molecule has 5 heteroatoms. The quantitative estimate of drug-likeness (QED) is 0.138. The molecule has 41 heavy (non-hydrogen) atoms. The second-order valence-corrected chi connectivity index (χ2v) is 12.9. The van der Waals surface area contributed by atoms with Crippen LogP contribution >= 0.6 is 11.8 Å². The van der Waals surface area contributed by atoms with Gasteiger partial charge in [0.2, 0.25) is 0 Å². The van der Waals surface area contributed by atoms with Crippen LogP contribution in [0.1, 0.15) is 88.2 Å². The summed E-state index contributed by atoms with van der Waals surface area (Å²) in [5.74, 6) is 0.308. The standard InChI is InChI=1S/C36H48N2O2S/c1-2-3-4-5-6-8-15-29-20-22-30(23-21-29)31-24-26-38(39)34(31)28-40-27-14-7-13-25-37-32-16-9-11-18-35(32)41-36-19-12-10-17-33(36)37/h9-12,16-23,31,34,38H,2-8,13-15,24-28H2,1H3/t31-,34-/m1/s1. The number of benzene rings is 3. The third kappa shape index (κ3) is 8.16. The Morgan fingerprint density at radius 3 is 2.20 bits per heavy atom. The minimum Gasteiger partial charge on any atom is -0.634 e. The molecule has 0 radical (unpaired) electrons. The number of anilines is 2. The second kappa shape index (κ2) is 15.8. The number of hydroxylamine groups is 2. The van der Waals surface area contributed by atoms with E-state index in [1.54, 1.807) is 0 Å². The maximum atomic E-state index is 12.7. The Morgan fingerprint density at radius 1 is 0.805 bits per heavy atom. The lowest BCUT2D eigenvalue weighted by Crippen LogP contribution is -3.09. The normalized spacial score (nSPS) is 19.8. The lowest BCUT2D eigenvalue weighted by molar-refractivity contribution is -0.862. The van der Waals surface area contributed by atoms with Gasteiger partial charge in [0.1, 0.15) is 6.04 Å². The maximum Gasteiger partial charge on any atom is 0.118 e. The van der Waals surface area contributed by atoms with E-state index in [0.717, 1.165) is 45.3 Å². The van der Waals surface area contributed by atoms with Gasteiger partial charge in [0.25, 0.3) is 0 Å². The van der Waals surface area contributed by atoms with Crippen molar-refractivity contribution in [2.45, 2.75) is 99.3 Å². The summed E-state index contributed by atoms with van der Waals surface area (Å²) in [5, 5.41) is 13.1. The molecule has 4 nitrogen and oxygen atoms in total. The van der Waals surface area contributed by atoms with Crippen LogP contribution in [0.5, 0.6) is 0 Å². The first-order chi connectivity index (χ1) is 20.2. The summed E-state index contributed by atoms with van der Waals surface area (Å²) < 4.78 is 6.12. The molecule has 2 aliphatic rings. The molecule has 0 aromatic heterocycles. The van der Waals surface area contributed by atoms with Gasteiger partial charge in [-0.05, 0) is 67.5 Å². The SMILES string of the molecule is CCCCCCCCc1ccc([C@H]2CC[NH+]([O-])[C@@H]2COCCCCCN2c3ccccc3Sc3ccccc32)cc1. The van der Waals surface area contributed by atoms with Crippen molar-refractivity contribution in [3.63, 3.8) is 0 Å². The molecule has 0 amide bonds. The number of nitrogens with one attached hydrogen (secondary N) is 1. The zero-order chi connectivity index (χ0) is 28.3. The number of para-hydroxylation sites is 2. The summed E-state index contributed by atoms with van der Waals surface area (Å²) in [4.78, 5) is 5.14. The molecule has 1 unspecified atom stereocenters. The Balaban J connectivity index is 1.02. The number of hydrogen-bond acceptors (Lipinski definition) is 4. The fourth-order valence-electron chi connectivity index (χ4n) is 6.44. The predicted octanol–water partition coefficient (Wildman–Crippen LogP) is 8.32. The molecular weight excluding hydrogens is 524 g/mol. The van der Waals surface area contributed by atoms with Gasteiger partial charge in [-0.2, -0.15) is 0 Å². The van der Waals surface area contributed by atoms with E-state index in [2.05, 4.69) is 84.6 Å². The van der Waals surface area contributed by atoms with Gasteiger partial charge in [0.05, 0.1) is 24.5 Å². The average molecular weight is 573 g/mol. The zero-order valence-electron chi connectivity index (χ0n) is 24.9. The van der Waals surface area contributed by atoms with Crippen LogP contribution < -0.4 is 9.96 Å². The monoisotopic (exact) mass is 572 g/mol. The van der Waals surface area contributed by atoms with Crippen LogP contribution in [0.2, 0.25) is 0 Å². The molecule has 3 aromatic carbocycles. The van der Waals surface area contributed by atoms with Gasteiger partial charge in [0, 0.05) is 35.3 Å². The minimum atomic E-state index is 0.0123. The van der Waals surface area contributed by atoms with Crippen LogP contribution in [0, 0.1) is 5.21 Å². The molecule has 0 bridgehead atoms. The highest BCUT2D eigenvalue weighted by Gasteiger charge is 2.35. The van der Waals surface area contributed by atoms with E-state index in [0.29, 0.717) is 24.1 Å². The second-order valence-electron chi connectivity index (χ2n) is 11.8. The largest absolute Gasteiger partial charge is 0.634 e. The average Bonchev–Trinajstić information content (AvgIpc) is 3.38. The van der Waals surface area contributed by atoms with E-state index in [-0.39, 0.29) is 6.04 Å². The highest BCUT2D eigenvalue weighted by Crippen LogP contribution is 2.47. The Morgan fingerprint density at radius 2 is 1.46 bits per heavy atom. The Hall–Kier alpha value is -2.31. The molecular formula is C36H48N2O2S. The van der Waals surface area contributed by atoms with E-state index in [1.807, 2.05) is 11.8 Å². The van der Waals surface area contributed by atoms with Crippen LogP contribution in [-0.4, -0.2) is 32.3 Å². The lowest BCUT2D eigenvalue weighted by atomic mass is 9.91. The highest BCUT2D eigenvalue weighted by molar-refractivity contribution is 7.99. The molecule has 5 rings (SSSR count). The maximum absolute atomic E-state index is 12.7. The molecule has 1 N–H and O–H groups in total. The first kappa shape index (κ1) is 30.2. The molecule has 0 aliphatic carbocycles. The van der Waals surface area contributed by atoms with E-state index in [1.165, 1.54) is 70.8 Å². The summed E-state index contributed by atoms with van der Waals surface area (Å²) in [6.07, 6.45) is 13.4. The molecule has 1 saturated heterocycles. The molecule has 3 aromatic rings. The van der Waals surface area contributed by atoms with Crippen molar-refractivity contribution in [1.82, 2.24) is 0 Å². The van der Waals surface area contributed by atoms with Gasteiger partial charge in [-0.1, -0.05) is 99.3 Å². The number of fused-ring (bicyclic) bond motifs is 2. The minimum absolute atomic E-state index is 0.0123. The smallest absolute Gasteiger partial charge is 0.118 e. The Labute approximate surface area is 252 Å². The fraction of sp³-hybridized carbons (Fsp3) is 0.500. The summed E-state index contributed by atoms with van der Waals surface area (Å²) in [5.41, 5.74) is 5.37. The zero-order valence-corrected chi connectivity index (χ0v) is 25.7. The Kier molecular flexibility index (Phi) is 11.6. The number of unbranched alkanes of at least 4 members (excludes halogenated alkanes) is 7. The van der Waals surface area contributed by atoms with Crippen molar-refractivity contribution < 1.29 is 9.80 Å². The van der Waals surface area contributed by atoms with Crippen LogP contribution in [0.4, 0.5) is 11.4 Å². The molecule has 2 heterocycles. The number of ether oxygens (including phenoxy) is 1. The number of nitrogens with zero attached hydrogens (tertiary/aromatic N) is 1. The van der Waals surface area contributed by atoms with Crippen molar-refractivity contribution in [3.8, 4) is 0 Å². The van der Waals surface area contributed by atoms with Crippen molar-refractivity contribution in [1.29, 1.82) is 0 Å². The van der Waals surface area contributed by atoms with Crippen LogP contribution in [0.3, 0.4) is 0 Å². The molecule has 220 valence electrons. The molecule has 0 saturated carbocycles. The summed E-state index contributed by atoms with van der Waals surface area (Å²) in [6, 6.07) is 26.6. The third-order valence-corrected chi connectivity index (χ3v) is 9.96. The number of rotatable bonds is 16. The van der Waals surface area contributed by atoms with Gasteiger partial charge < -0.3 is 19.9 Å². The summed E-state index contributed by atoms with van der Waals surface area (Å²) in [6.45, 7) is 5.26.